The Balaban J connectivity index is 1.92. The van der Waals surface area contributed by atoms with Gasteiger partial charge in [0.1, 0.15) is 11.5 Å². The summed E-state index contributed by atoms with van der Waals surface area (Å²) in [6.45, 7) is 9.44. The van der Waals surface area contributed by atoms with Crippen molar-refractivity contribution >= 4 is 11.8 Å². The van der Waals surface area contributed by atoms with E-state index in [4.69, 9.17) is 4.74 Å². The molecule has 3 N–H and O–H groups in total. The SMILES string of the molecule is C=C1C(=O)C23C(OC(C)=O)CC4C(C)(CO)CCCC4(C)C2CC(O)C1C3O. The molecule has 156 valence electrons. The first-order valence-electron chi connectivity index (χ1n) is 10.4. The lowest BCUT2D eigenvalue weighted by Crippen LogP contribution is -2.69. The molecule has 0 heterocycles. The zero-order valence-electron chi connectivity index (χ0n) is 17.0. The topological polar surface area (TPSA) is 104 Å². The predicted molar refractivity (Wildman–Crippen MR) is 101 cm³/mol. The zero-order valence-corrected chi connectivity index (χ0v) is 17.0. The van der Waals surface area contributed by atoms with E-state index in [0.29, 0.717) is 12.8 Å². The number of carbonyl (C=O) groups is 2. The Morgan fingerprint density at radius 1 is 1.21 bits per heavy atom. The van der Waals surface area contributed by atoms with Crippen molar-refractivity contribution in [1.29, 1.82) is 0 Å². The van der Waals surface area contributed by atoms with Crippen molar-refractivity contribution in [1.82, 2.24) is 0 Å². The highest BCUT2D eigenvalue weighted by Crippen LogP contribution is 2.71. The van der Waals surface area contributed by atoms with Crippen LogP contribution in [0.4, 0.5) is 0 Å². The average molecular weight is 392 g/mol. The molecule has 0 aromatic carbocycles. The van der Waals surface area contributed by atoms with E-state index in [1.807, 2.05) is 0 Å². The van der Waals surface area contributed by atoms with Crippen molar-refractivity contribution in [3.05, 3.63) is 12.2 Å². The lowest BCUT2D eigenvalue weighted by atomic mass is 9.39. The van der Waals surface area contributed by atoms with E-state index >= 15 is 0 Å². The molecule has 28 heavy (non-hydrogen) atoms. The normalized spacial score (nSPS) is 52.8. The van der Waals surface area contributed by atoms with Crippen LogP contribution >= 0.6 is 0 Å². The number of Topliss-reactive ketones (excluding diaryl/α,β-unsaturated/α-hetero) is 1. The molecule has 0 aliphatic heterocycles. The Kier molecular flexibility index (Phi) is 4.39. The third-order valence-corrected chi connectivity index (χ3v) is 8.93. The summed E-state index contributed by atoms with van der Waals surface area (Å²) >= 11 is 0. The molecule has 9 unspecified atom stereocenters. The van der Waals surface area contributed by atoms with Crippen LogP contribution in [-0.2, 0) is 14.3 Å². The maximum absolute atomic E-state index is 13.5. The molecule has 2 bridgehead atoms. The summed E-state index contributed by atoms with van der Waals surface area (Å²) in [5.74, 6) is -1.74. The molecule has 0 aromatic heterocycles. The summed E-state index contributed by atoms with van der Waals surface area (Å²) < 4.78 is 5.71. The molecule has 4 saturated carbocycles. The predicted octanol–water partition coefficient (Wildman–Crippen LogP) is 1.61. The van der Waals surface area contributed by atoms with Crippen LogP contribution in [0, 0.1) is 34.0 Å². The van der Waals surface area contributed by atoms with Crippen LogP contribution in [0.25, 0.3) is 0 Å². The third kappa shape index (κ3) is 2.20. The smallest absolute Gasteiger partial charge is 0.302 e. The Hall–Kier alpha value is -1.24. The largest absolute Gasteiger partial charge is 0.461 e. The number of hydrogen-bond donors (Lipinski definition) is 3. The quantitative estimate of drug-likeness (QED) is 0.487. The number of fused-ring (bicyclic) bond motifs is 3. The van der Waals surface area contributed by atoms with Crippen LogP contribution in [0.15, 0.2) is 12.2 Å². The fraction of sp³-hybridized carbons (Fsp3) is 0.818. The van der Waals surface area contributed by atoms with Crippen molar-refractivity contribution in [3.63, 3.8) is 0 Å². The van der Waals surface area contributed by atoms with Gasteiger partial charge in [0, 0.05) is 19.4 Å². The highest BCUT2D eigenvalue weighted by atomic mass is 16.5. The highest BCUT2D eigenvalue weighted by Gasteiger charge is 2.76. The van der Waals surface area contributed by atoms with E-state index in [-0.39, 0.29) is 40.6 Å². The first-order valence-corrected chi connectivity index (χ1v) is 10.4. The molecule has 4 rings (SSSR count). The summed E-state index contributed by atoms with van der Waals surface area (Å²) in [5.41, 5.74) is -1.69. The molecular formula is C22H32O6. The molecule has 0 aromatic rings. The van der Waals surface area contributed by atoms with Gasteiger partial charge in [-0.15, -0.1) is 0 Å². The van der Waals surface area contributed by atoms with Crippen molar-refractivity contribution in [3.8, 4) is 0 Å². The van der Waals surface area contributed by atoms with E-state index in [1.165, 1.54) is 6.92 Å². The standard InChI is InChI=1S/C22H32O6/c1-11-17-13(25)8-15-21(4)7-5-6-20(3,10-23)14(21)9-16(28-12(2)24)22(15,18(11)26)19(17)27/h13-17,19,23,25,27H,1,5-10H2,2-4H3. The molecule has 4 fully saturated rings. The Labute approximate surface area is 166 Å². The fourth-order valence-corrected chi connectivity index (χ4v) is 7.75. The molecule has 0 saturated heterocycles. The minimum absolute atomic E-state index is 0.0220. The molecule has 4 aliphatic rings. The molecule has 6 nitrogen and oxygen atoms in total. The first kappa shape index (κ1) is 20.0. The maximum Gasteiger partial charge on any atom is 0.302 e. The fourth-order valence-electron chi connectivity index (χ4n) is 7.75. The summed E-state index contributed by atoms with van der Waals surface area (Å²) in [5, 5.41) is 32.3. The number of ether oxygens (including phenoxy) is 1. The van der Waals surface area contributed by atoms with Gasteiger partial charge in [-0.2, -0.15) is 0 Å². The number of ketones is 1. The van der Waals surface area contributed by atoms with Crippen molar-refractivity contribution in [2.45, 2.75) is 71.2 Å². The van der Waals surface area contributed by atoms with Gasteiger partial charge in [0.25, 0.3) is 0 Å². The van der Waals surface area contributed by atoms with Crippen molar-refractivity contribution in [2.24, 2.45) is 34.0 Å². The Morgan fingerprint density at radius 3 is 2.50 bits per heavy atom. The van der Waals surface area contributed by atoms with E-state index in [0.717, 1.165) is 19.3 Å². The van der Waals surface area contributed by atoms with Crippen LogP contribution in [0.3, 0.4) is 0 Å². The zero-order chi connectivity index (χ0) is 20.6. The summed E-state index contributed by atoms with van der Waals surface area (Å²) in [6, 6.07) is 0. The summed E-state index contributed by atoms with van der Waals surface area (Å²) in [6.07, 6.45) is 0.726. The van der Waals surface area contributed by atoms with Gasteiger partial charge in [0.15, 0.2) is 5.78 Å². The monoisotopic (exact) mass is 392 g/mol. The lowest BCUT2D eigenvalue weighted by Gasteiger charge is -2.66. The second-order valence-corrected chi connectivity index (χ2v) is 10.2. The van der Waals surface area contributed by atoms with Gasteiger partial charge >= 0.3 is 5.97 Å². The van der Waals surface area contributed by atoms with Gasteiger partial charge in [-0.25, -0.2) is 0 Å². The molecule has 9 atom stereocenters. The molecule has 6 heteroatoms. The maximum atomic E-state index is 13.5. The molecule has 1 spiro atoms. The van der Waals surface area contributed by atoms with Gasteiger partial charge in [-0.05, 0) is 53.9 Å². The van der Waals surface area contributed by atoms with Crippen LogP contribution in [0.5, 0.6) is 0 Å². The minimum atomic E-state index is -1.24. The number of aliphatic hydroxyl groups is 3. The van der Waals surface area contributed by atoms with Crippen LogP contribution in [0.2, 0.25) is 0 Å². The van der Waals surface area contributed by atoms with Gasteiger partial charge in [-0.1, -0.05) is 26.8 Å². The number of carbonyl (C=O) groups excluding carboxylic acids is 2. The van der Waals surface area contributed by atoms with Gasteiger partial charge in [-0.3, -0.25) is 9.59 Å². The highest BCUT2D eigenvalue weighted by molar-refractivity contribution is 6.05. The average Bonchev–Trinajstić information content (AvgIpc) is 2.75. The van der Waals surface area contributed by atoms with Gasteiger partial charge in [0.05, 0.1) is 12.2 Å². The molecular weight excluding hydrogens is 360 g/mol. The van der Waals surface area contributed by atoms with Crippen molar-refractivity contribution in [2.75, 3.05) is 6.61 Å². The number of esters is 1. The number of rotatable bonds is 2. The molecule has 0 amide bonds. The van der Waals surface area contributed by atoms with E-state index in [1.54, 1.807) is 0 Å². The Morgan fingerprint density at radius 2 is 1.89 bits per heavy atom. The van der Waals surface area contributed by atoms with E-state index in [2.05, 4.69) is 20.4 Å². The second-order valence-electron chi connectivity index (χ2n) is 10.2. The van der Waals surface area contributed by atoms with E-state index in [9.17, 15) is 24.9 Å². The van der Waals surface area contributed by atoms with Crippen LogP contribution < -0.4 is 0 Å². The third-order valence-electron chi connectivity index (χ3n) is 8.93. The van der Waals surface area contributed by atoms with Crippen molar-refractivity contribution < 1.29 is 29.6 Å². The summed E-state index contributed by atoms with van der Waals surface area (Å²) in [7, 11) is 0. The van der Waals surface area contributed by atoms with Crippen LogP contribution in [0.1, 0.15) is 52.9 Å². The second kappa shape index (κ2) is 6.13. The lowest BCUT2D eigenvalue weighted by molar-refractivity contribution is -0.248. The van der Waals surface area contributed by atoms with Gasteiger partial charge in [0.2, 0.25) is 0 Å². The molecule has 0 radical (unpaired) electrons. The number of aliphatic hydroxyl groups excluding tert-OH is 3. The molecule has 4 aliphatic carbocycles. The van der Waals surface area contributed by atoms with Gasteiger partial charge < -0.3 is 20.1 Å². The van der Waals surface area contributed by atoms with Crippen LogP contribution in [-0.4, -0.2) is 52.0 Å². The first-order chi connectivity index (χ1) is 13.0. The summed E-state index contributed by atoms with van der Waals surface area (Å²) in [4.78, 5) is 25.5. The Bertz CT molecular complexity index is 733. The van der Waals surface area contributed by atoms with E-state index < -0.39 is 35.6 Å². The minimum Gasteiger partial charge on any atom is -0.461 e. The number of hydrogen-bond acceptors (Lipinski definition) is 6.